The minimum absolute atomic E-state index is 0.355. The number of ether oxygens (including phenoxy) is 6. The number of rotatable bonds is 10. The van der Waals surface area contributed by atoms with Crippen molar-refractivity contribution >= 4 is 23.2 Å². The van der Waals surface area contributed by atoms with Gasteiger partial charge in [0.2, 0.25) is 11.5 Å². The lowest BCUT2D eigenvalue weighted by molar-refractivity contribution is 0.101. The summed E-state index contributed by atoms with van der Waals surface area (Å²) in [5, 5.41) is 5.58. The SMILES string of the molecule is COc1cc(NC(=O)c2ccc(C(=O)Nc3cc(OC)c(OC)c(OC)c3)cc2)cc(OC)c1OC. The highest BCUT2D eigenvalue weighted by molar-refractivity contribution is 6.07. The minimum atomic E-state index is -0.374. The van der Waals surface area contributed by atoms with E-state index in [1.807, 2.05) is 0 Å². The number of hydrogen-bond donors (Lipinski definition) is 2. The lowest BCUT2D eigenvalue weighted by Gasteiger charge is -2.15. The van der Waals surface area contributed by atoms with Gasteiger partial charge in [0.05, 0.1) is 42.7 Å². The molecule has 0 saturated heterocycles. The fraction of sp³-hybridized carbons (Fsp3) is 0.231. The normalized spacial score (nSPS) is 10.2. The third kappa shape index (κ3) is 5.54. The van der Waals surface area contributed by atoms with Crippen LogP contribution in [0.25, 0.3) is 0 Å². The third-order valence-electron chi connectivity index (χ3n) is 5.25. The lowest BCUT2D eigenvalue weighted by Crippen LogP contribution is -2.14. The molecule has 0 atom stereocenters. The zero-order valence-corrected chi connectivity index (χ0v) is 20.9. The van der Waals surface area contributed by atoms with Gasteiger partial charge in [0.1, 0.15) is 0 Å². The van der Waals surface area contributed by atoms with Gasteiger partial charge in [0.15, 0.2) is 23.0 Å². The quantitative estimate of drug-likeness (QED) is 0.429. The maximum atomic E-state index is 12.8. The first-order valence-electron chi connectivity index (χ1n) is 10.7. The van der Waals surface area contributed by atoms with E-state index in [0.717, 1.165) is 0 Å². The van der Waals surface area contributed by atoms with Crippen molar-refractivity contribution in [3.8, 4) is 34.5 Å². The molecule has 3 aromatic rings. The van der Waals surface area contributed by atoms with E-state index in [9.17, 15) is 9.59 Å². The number of nitrogens with one attached hydrogen (secondary N) is 2. The van der Waals surface area contributed by atoms with Gasteiger partial charge in [-0.15, -0.1) is 0 Å². The summed E-state index contributed by atoms with van der Waals surface area (Å²) in [4.78, 5) is 25.6. The monoisotopic (exact) mass is 496 g/mol. The molecule has 3 aromatic carbocycles. The molecule has 0 heterocycles. The smallest absolute Gasteiger partial charge is 0.255 e. The highest BCUT2D eigenvalue weighted by atomic mass is 16.5. The first-order chi connectivity index (χ1) is 17.4. The molecule has 0 aliphatic heterocycles. The molecule has 10 heteroatoms. The summed E-state index contributed by atoms with van der Waals surface area (Å²) in [5.74, 6) is 1.72. The number of carbonyl (C=O) groups excluding carboxylic acids is 2. The molecule has 2 N–H and O–H groups in total. The highest BCUT2D eigenvalue weighted by Crippen LogP contribution is 2.41. The molecule has 0 aliphatic rings. The van der Waals surface area contributed by atoms with Gasteiger partial charge >= 0.3 is 0 Å². The number of carbonyl (C=O) groups is 2. The van der Waals surface area contributed by atoms with Crippen LogP contribution in [0.4, 0.5) is 11.4 Å². The van der Waals surface area contributed by atoms with Gasteiger partial charge in [-0.1, -0.05) is 0 Å². The Bertz CT molecular complexity index is 1090. The summed E-state index contributed by atoms with van der Waals surface area (Å²) in [6, 6.07) is 12.7. The molecule has 2 amide bonds. The minimum Gasteiger partial charge on any atom is -0.493 e. The van der Waals surface area contributed by atoms with Crippen LogP contribution < -0.4 is 39.1 Å². The van der Waals surface area contributed by atoms with E-state index >= 15 is 0 Å². The van der Waals surface area contributed by atoms with Crippen LogP contribution >= 0.6 is 0 Å². The van der Waals surface area contributed by atoms with Gasteiger partial charge in [0, 0.05) is 46.8 Å². The Kier molecular flexibility index (Phi) is 8.45. The van der Waals surface area contributed by atoms with Crippen LogP contribution in [0.3, 0.4) is 0 Å². The van der Waals surface area contributed by atoms with Crippen molar-refractivity contribution in [2.45, 2.75) is 0 Å². The zero-order chi connectivity index (χ0) is 26.2. The largest absolute Gasteiger partial charge is 0.493 e. The van der Waals surface area contributed by atoms with Crippen molar-refractivity contribution in [3.63, 3.8) is 0 Å². The lowest BCUT2D eigenvalue weighted by atomic mass is 10.1. The van der Waals surface area contributed by atoms with Gasteiger partial charge < -0.3 is 39.1 Å². The molecule has 0 fully saturated rings. The summed E-state index contributed by atoms with van der Waals surface area (Å²) in [6.45, 7) is 0. The van der Waals surface area contributed by atoms with E-state index in [4.69, 9.17) is 28.4 Å². The second kappa shape index (κ2) is 11.7. The molecule has 0 aliphatic carbocycles. The van der Waals surface area contributed by atoms with E-state index in [-0.39, 0.29) is 11.8 Å². The van der Waals surface area contributed by atoms with Crippen molar-refractivity contribution in [2.75, 3.05) is 53.3 Å². The van der Waals surface area contributed by atoms with Gasteiger partial charge in [-0.3, -0.25) is 9.59 Å². The molecule has 0 aromatic heterocycles. The van der Waals surface area contributed by atoms with Crippen LogP contribution in [0.5, 0.6) is 34.5 Å². The first-order valence-corrected chi connectivity index (χ1v) is 10.7. The van der Waals surface area contributed by atoms with Crippen LogP contribution in [0, 0.1) is 0 Å². The first kappa shape index (κ1) is 26.0. The second-order valence-electron chi connectivity index (χ2n) is 7.31. The predicted octanol–water partition coefficient (Wildman–Crippen LogP) is 4.24. The van der Waals surface area contributed by atoms with Gasteiger partial charge in [0.25, 0.3) is 11.8 Å². The van der Waals surface area contributed by atoms with E-state index in [0.29, 0.717) is 57.0 Å². The number of benzene rings is 3. The van der Waals surface area contributed by atoms with Crippen LogP contribution in [0.15, 0.2) is 48.5 Å². The van der Waals surface area contributed by atoms with Crippen molar-refractivity contribution in [2.24, 2.45) is 0 Å². The molecule has 0 bridgehead atoms. The number of amides is 2. The van der Waals surface area contributed by atoms with Crippen molar-refractivity contribution in [1.82, 2.24) is 0 Å². The maximum Gasteiger partial charge on any atom is 0.255 e. The van der Waals surface area contributed by atoms with E-state index < -0.39 is 0 Å². The van der Waals surface area contributed by atoms with Crippen molar-refractivity contribution < 1.29 is 38.0 Å². The molecule has 3 rings (SSSR count). The van der Waals surface area contributed by atoms with Crippen LogP contribution in [-0.2, 0) is 0 Å². The molecule has 0 radical (unpaired) electrons. The Balaban J connectivity index is 1.75. The fourth-order valence-corrected chi connectivity index (χ4v) is 3.49. The average Bonchev–Trinajstić information content (AvgIpc) is 2.91. The molecule has 0 unspecified atom stereocenters. The summed E-state index contributed by atoms with van der Waals surface area (Å²) >= 11 is 0. The van der Waals surface area contributed by atoms with Gasteiger partial charge in [-0.05, 0) is 24.3 Å². The standard InChI is InChI=1S/C26H28N2O8/c1-31-19-11-17(12-20(32-2)23(19)35-5)27-25(29)15-7-9-16(10-8-15)26(30)28-18-13-21(33-3)24(36-6)22(14-18)34-4/h7-14H,1-6H3,(H,27,29)(H,28,30). The van der Waals surface area contributed by atoms with E-state index in [1.54, 1.807) is 48.5 Å². The molecule has 0 spiro atoms. The van der Waals surface area contributed by atoms with E-state index in [1.165, 1.54) is 42.7 Å². The fourth-order valence-electron chi connectivity index (χ4n) is 3.49. The Morgan fingerprint density at radius 1 is 0.500 bits per heavy atom. The molecule has 36 heavy (non-hydrogen) atoms. The summed E-state index contributed by atoms with van der Waals surface area (Å²) in [5.41, 5.74) is 1.62. The topological polar surface area (TPSA) is 114 Å². The van der Waals surface area contributed by atoms with Crippen molar-refractivity contribution in [3.05, 3.63) is 59.7 Å². The van der Waals surface area contributed by atoms with Gasteiger partial charge in [-0.25, -0.2) is 0 Å². The number of hydrogen-bond acceptors (Lipinski definition) is 8. The molecule has 0 saturated carbocycles. The predicted molar refractivity (Wildman–Crippen MR) is 135 cm³/mol. The number of methoxy groups -OCH3 is 6. The molecule has 190 valence electrons. The van der Waals surface area contributed by atoms with Crippen LogP contribution in [0.2, 0.25) is 0 Å². The van der Waals surface area contributed by atoms with Crippen LogP contribution in [-0.4, -0.2) is 54.5 Å². The highest BCUT2D eigenvalue weighted by Gasteiger charge is 2.17. The summed E-state index contributed by atoms with van der Waals surface area (Å²) in [6.07, 6.45) is 0. The Morgan fingerprint density at radius 2 is 0.778 bits per heavy atom. The zero-order valence-electron chi connectivity index (χ0n) is 20.9. The Morgan fingerprint density at radius 3 is 1.00 bits per heavy atom. The van der Waals surface area contributed by atoms with E-state index in [2.05, 4.69) is 10.6 Å². The Labute approximate surface area is 209 Å². The molecular formula is C26H28N2O8. The summed E-state index contributed by atoms with van der Waals surface area (Å²) < 4.78 is 31.9. The summed E-state index contributed by atoms with van der Waals surface area (Å²) in [7, 11) is 8.96. The average molecular weight is 497 g/mol. The van der Waals surface area contributed by atoms with Crippen LogP contribution in [0.1, 0.15) is 20.7 Å². The second-order valence-corrected chi connectivity index (χ2v) is 7.31. The van der Waals surface area contributed by atoms with Crippen molar-refractivity contribution in [1.29, 1.82) is 0 Å². The third-order valence-corrected chi connectivity index (χ3v) is 5.25. The maximum absolute atomic E-state index is 12.8. The number of anilines is 2. The molecular weight excluding hydrogens is 468 g/mol. The van der Waals surface area contributed by atoms with Gasteiger partial charge in [-0.2, -0.15) is 0 Å². The molecule has 10 nitrogen and oxygen atoms in total. The Hall–Kier alpha value is -4.60.